The number of likely N-dealkylation sites (tertiary alicyclic amines) is 1. The molecule has 0 aromatic heterocycles. The zero-order chi connectivity index (χ0) is 16.0. The van der Waals surface area contributed by atoms with Crippen molar-refractivity contribution in [1.29, 1.82) is 0 Å². The molecule has 6 nitrogen and oxygen atoms in total. The third-order valence-electron chi connectivity index (χ3n) is 4.66. The summed E-state index contributed by atoms with van der Waals surface area (Å²) in [6.07, 6.45) is 8.96. The normalized spacial score (nSPS) is 26.3. The van der Waals surface area contributed by atoms with E-state index in [4.69, 9.17) is 0 Å². The zero-order valence-corrected chi connectivity index (χ0v) is 14.3. The van der Waals surface area contributed by atoms with Gasteiger partial charge in [0.05, 0.1) is 6.26 Å². The number of carbonyl (C=O) groups excluding carboxylic acids is 1. The van der Waals surface area contributed by atoms with Crippen molar-refractivity contribution in [3.8, 4) is 0 Å². The maximum atomic E-state index is 12.5. The maximum Gasteiger partial charge on any atom is 0.222 e. The molecule has 2 saturated heterocycles. The lowest BCUT2D eigenvalue weighted by Crippen LogP contribution is -2.45. The molecule has 22 heavy (non-hydrogen) atoms. The molecule has 2 aliphatic heterocycles. The van der Waals surface area contributed by atoms with Crippen LogP contribution in [0.2, 0.25) is 0 Å². The second-order valence-electron chi connectivity index (χ2n) is 6.52. The predicted molar refractivity (Wildman–Crippen MR) is 87.1 cm³/mol. The maximum absolute atomic E-state index is 12.5. The van der Waals surface area contributed by atoms with Crippen LogP contribution in [0.25, 0.3) is 0 Å². The molecule has 2 unspecified atom stereocenters. The Morgan fingerprint density at radius 3 is 2.73 bits per heavy atom. The van der Waals surface area contributed by atoms with Gasteiger partial charge in [-0.3, -0.25) is 4.79 Å². The van der Waals surface area contributed by atoms with E-state index in [1.54, 1.807) is 0 Å². The van der Waals surface area contributed by atoms with E-state index in [9.17, 15) is 13.2 Å². The SMILES string of the molecule is CS(=O)(=O)NCCC1CCCCN1C(=O)CCC1CCCN1. The van der Waals surface area contributed by atoms with E-state index in [1.165, 1.54) is 19.1 Å². The van der Waals surface area contributed by atoms with Crippen molar-refractivity contribution in [2.75, 3.05) is 25.9 Å². The highest BCUT2D eigenvalue weighted by molar-refractivity contribution is 7.88. The highest BCUT2D eigenvalue weighted by Crippen LogP contribution is 2.21. The van der Waals surface area contributed by atoms with Crippen molar-refractivity contribution in [2.45, 2.75) is 63.5 Å². The van der Waals surface area contributed by atoms with Gasteiger partial charge >= 0.3 is 0 Å². The van der Waals surface area contributed by atoms with Crippen LogP contribution in [0.15, 0.2) is 0 Å². The molecule has 1 amide bonds. The van der Waals surface area contributed by atoms with Crippen LogP contribution < -0.4 is 10.0 Å². The van der Waals surface area contributed by atoms with E-state index >= 15 is 0 Å². The Morgan fingerprint density at radius 2 is 2.05 bits per heavy atom. The average Bonchev–Trinajstić information content (AvgIpc) is 2.97. The number of piperidine rings is 1. The molecule has 2 atom stereocenters. The summed E-state index contributed by atoms with van der Waals surface area (Å²) in [5.41, 5.74) is 0. The van der Waals surface area contributed by atoms with Gasteiger partial charge in [0, 0.05) is 31.6 Å². The Balaban J connectivity index is 1.78. The molecule has 2 aliphatic rings. The standard InChI is InChI=1S/C15H29N3O3S/c1-22(20,21)17-11-9-14-6-2-3-12-18(14)15(19)8-7-13-5-4-10-16-13/h13-14,16-17H,2-12H2,1H3. The molecular formula is C15H29N3O3S. The molecule has 0 aromatic rings. The smallest absolute Gasteiger partial charge is 0.222 e. The molecule has 2 heterocycles. The Bertz CT molecular complexity index is 461. The highest BCUT2D eigenvalue weighted by atomic mass is 32.2. The Hall–Kier alpha value is -0.660. The lowest BCUT2D eigenvalue weighted by molar-refractivity contribution is -0.135. The lowest BCUT2D eigenvalue weighted by Gasteiger charge is -2.36. The molecule has 0 radical (unpaired) electrons. The van der Waals surface area contributed by atoms with Gasteiger partial charge in [-0.05, 0) is 51.5 Å². The van der Waals surface area contributed by atoms with Crippen LogP contribution in [0.5, 0.6) is 0 Å². The van der Waals surface area contributed by atoms with Crippen LogP contribution in [-0.2, 0) is 14.8 Å². The number of nitrogens with one attached hydrogen (secondary N) is 2. The van der Waals surface area contributed by atoms with Crippen molar-refractivity contribution in [3.05, 3.63) is 0 Å². The molecule has 2 rings (SSSR count). The van der Waals surface area contributed by atoms with E-state index in [2.05, 4.69) is 10.0 Å². The summed E-state index contributed by atoms with van der Waals surface area (Å²) in [6.45, 7) is 2.31. The van der Waals surface area contributed by atoms with Crippen molar-refractivity contribution in [1.82, 2.24) is 14.9 Å². The van der Waals surface area contributed by atoms with Crippen LogP contribution in [0, 0.1) is 0 Å². The van der Waals surface area contributed by atoms with Gasteiger partial charge in [-0.15, -0.1) is 0 Å². The first-order chi connectivity index (χ1) is 10.5. The van der Waals surface area contributed by atoms with Crippen LogP contribution in [0.3, 0.4) is 0 Å². The van der Waals surface area contributed by atoms with Crippen molar-refractivity contribution >= 4 is 15.9 Å². The van der Waals surface area contributed by atoms with Crippen molar-refractivity contribution < 1.29 is 13.2 Å². The lowest BCUT2D eigenvalue weighted by atomic mass is 9.98. The zero-order valence-electron chi connectivity index (χ0n) is 13.5. The fraction of sp³-hybridized carbons (Fsp3) is 0.933. The van der Waals surface area contributed by atoms with Crippen LogP contribution >= 0.6 is 0 Å². The van der Waals surface area contributed by atoms with E-state index < -0.39 is 10.0 Å². The predicted octanol–water partition coefficient (Wildman–Crippen LogP) is 0.839. The first-order valence-corrected chi connectivity index (χ1v) is 10.3. The molecule has 0 spiro atoms. The van der Waals surface area contributed by atoms with Crippen LogP contribution in [0.4, 0.5) is 0 Å². The molecule has 2 fully saturated rings. The number of carbonyl (C=O) groups is 1. The van der Waals surface area contributed by atoms with Gasteiger partial charge in [-0.25, -0.2) is 13.1 Å². The molecule has 2 N–H and O–H groups in total. The van der Waals surface area contributed by atoms with E-state index in [0.717, 1.165) is 38.8 Å². The van der Waals surface area contributed by atoms with Crippen molar-refractivity contribution in [3.63, 3.8) is 0 Å². The summed E-state index contributed by atoms with van der Waals surface area (Å²) in [4.78, 5) is 14.5. The monoisotopic (exact) mass is 331 g/mol. The number of amides is 1. The Labute approximate surface area is 134 Å². The number of rotatable bonds is 7. The van der Waals surface area contributed by atoms with Gasteiger partial charge in [-0.1, -0.05) is 0 Å². The fourth-order valence-corrected chi connectivity index (χ4v) is 3.97. The first-order valence-electron chi connectivity index (χ1n) is 8.43. The topological polar surface area (TPSA) is 78.5 Å². The minimum atomic E-state index is -3.15. The van der Waals surface area contributed by atoms with Gasteiger partial charge in [0.25, 0.3) is 0 Å². The highest BCUT2D eigenvalue weighted by Gasteiger charge is 2.27. The van der Waals surface area contributed by atoms with E-state index in [-0.39, 0.29) is 11.9 Å². The summed E-state index contributed by atoms with van der Waals surface area (Å²) in [7, 11) is -3.15. The van der Waals surface area contributed by atoms with Gasteiger partial charge in [0.2, 0.25) is 15.9 Å². The largest absolute Gasteiger partial charge is 0.340 e. The van der Waals surface area contributed by atoms with Crippen LogP contribution in [0.1, 0.15) is 51.4 Å². The Kier molecular flexibility index (Phi) is 6.65. The number of nitrogens with zero attached hydrogens (tertiary/aromatic N) is 1. The van der Waals surface area contributed by atoms with E-state index in [0.29, 0.717) is 25.4 Å². The Morgan fingerprint density at radius 1 is 1.23 bits per heavy atom. The number of hydrogen-bond donors (Lipinski definition) is 2. The van der Waals surface area contributed by atoms with Gasteiger partial charge in [-0.2, -0.15) is 0 Å². The van der Waals surface area contributed by atoms with Gasteiger partial charge in [0.15, 0.2) is 0 Å². The number of hydrogen-bond acceptors (Lipinski definition) is 4. The molecule has 0 saturated carbocycles. The summed E-state index contributed by atoms with van der Waals surface area (Å²) in [6, 6.07) is 0.686. The number of sulfonamides is 1. The van der Waals surface area contributed by atoms with Gasteiger partial charge < -0.3 is 10.2 Å². The van der Waals surface area contributed by atoms with Crippen molar-refractivity contribution in [2.24, 2.45) is 0 Å². The molecule has 128 valence electrons. The molecule has 7 heteroatoms. The molecule has 0 aliphatic carbocycles. The second kappa shape index (κ2) is 8.26. The van der Waals surface area contributed by atoms with Gasteiger partial charge in [0.1, 0.15) is 0 Å². The third-order valence-corrected chi connectivity index (χ3v) is 5.39. The quantitative estimate of drug-likeness (QED) is 0.724. The minimum absolute atomic E-state index is 0.187. The molecule has 0 bridgehead atoms. The first kappa shape index (κ1) is 17.7. The average molecular weight is 331 g/mol. The second-order valence-corrected chi connectivity index (χ2v) is 8.36. The fourth-order valence-electron chi connectivity index (χ4n) is 3.48. The third kappa shape index (κ3) is 5.85. The summed E-state index contributed by atoms with van der Waals surface area (Å²) >= 11 is 0. The van der Waals surface area contributed by atoms with Crippen LogP contribution in [-0.4, -0.2) is 57.2 Å². The molecule has 0 aromatic carbocycles. The van der Waals surface area contributed by atoms with E-state index in [1.807, 2.05) is 4.90 Å². The summed E-state index contributed by atoms with van der Waals surface area (Å²) < 4.78 is 24.8. The summed E-state index contributed by atoms with van der Waals surface area (Å²) in [5, 5.41) is 3.43. The minimum Gasteiger partial charge on any atom is -0.340 e. The summed E-state index contributed by atoms with van der Waals surface area (Å²) in [5.74, 6) is 0.234. The molecular weight excluding hydrogens is 302 g/mol.